The van der Waals surface area contributed by atoms with Crippen LogP contribution in [0.4, 0.5) is 0 Å². The molecule has 2 rings (SSSR count). The van der Waals surface area contributed by atoms with Crippen LogP contribution in [0.5, 0.6) is 0 Å². The topological polar surface area (TPSA) is 43.8 Å². The van der Waals surface area contributed by atoms with Crippen LogP contribution < -0.4 is 5.73 Å². The lowest BCUT2D eigenvalue weighted by Gasteiger charge is -2.12. The summed E-state index contributed by atoms with van der Waals surface area (Å²) in [6.45, 7) is 4.74. The van der Waals surface area contributed by atoms with E-state index in [-0.39, 0.29) is 0 Å². The second kappa shape index (κ2) is 4.49. The number of nitrogens with two attached hydrogens (primary N) is 1. The molecule has 0 aliphatic rings. The Balaban J connectivity index is 2.55. The molecule has 0 fully saturated rings. The summed E-state index contributed by atoms with van der Waals surface area (Å²) in [5.74, 6) is 1.07. The van der Waals surface area contributed by atoms with Crippen molar-refractivity contribution < 1.29 is 0 Å². The number of aromatic nitrogens is 2. The van der Waals surface area contributed by atoms with Gasteiger partial charge in [0.25, 0.3) is 0 Å². The molecule has 0 saturated carbocycles. The van der Waals surface area contributed by atoms with Gasteiger partial charge in [0.15, 0.2) is 0 Å². The third kappa shape index (κ3) is 1.86. The molecule has 1 aromatic carbocycles. The van der Waals surface area contributed by atoms with Gasteiger partial charge in [0.05, 0.1) is 5.69 Å². The second-order valence-corrected chi connectivity index (χ2v) is 3.90. The smallest absolute Gasteiger partial charge is 0.112 e. The molecule has 0 bridgehead atoms. The molecule has 0 radical (unpaired) electrons. The van der Waals surface area contributed by atoms with E-state index in [0.29, 0.717) is 6.54 Å². The van der Waals surface area contributed by atoms with Crippen LogP contribution in [0.2, 0.25) is 0 Å². The molecule has 0 saturated heterocycles. The minimum absolute atomic E-state index is 0.554. The summed E-state index contributed by atoms with van der Waals surface area (Å²) in [6, 6.07) is 6.35. The van der Waals surface area contributed by atoms with Crippen molar-refractivity contribution in [2.45, 2.75) is 26.8 Å². The first kappa shape index (κ1) is 10.9. The van der Waals surface area contributed by atoms with Crippen molar-refractivity contribution in [3.63, 3.8) is 0 Å². The molecule has 0 spiro atoms. The molecule has 0 amide bonds. The van der Waals surface area contributed by atoms with Crippen molar-refractivity contribution in [2.75, 3.05) is 0 Å². The monoisotopic (exact) mass is 215 g/mol. The Bertz CT molecular complexity index is 486. The summed E-state index contributed by atoms with van der Waals surface area (Å²) in [6.07, 6.45) is 4.74. The first-order chi connectivity index (χ1) is 7.76. The highest BCUT2D eigenvalue weighted by atomic mass is 15.1. The van der Waals surface area contributed by atoms with Crippen molar-refractivity contribution in [1.82, 2.24) is 9.55 Å². The fourth-order valence-corrected chi connectivity index (χ4v) is 1.93. The Labute approximate surface area is 95.9 Å². The van der Waals surface area contributed by atoms with Crippen LogP contribution in [-0.4, -0.2) is 9.55 Å². The zero-order valence-corrected chi connectivity index (χ0v) is 9.77. The van der Waals surface area contributed by atoms with Crippen LogP contribution >= 0.6 is 0 Å². The van der Waals surface area contributed by atoms with Crippen molar-refractivity contribution in [1.29, 1.82) is 0 Å². The summed E-state index contributed by atoms with van der Waals surface area (Å²) in [5, 5.41) is 0. The molecular weight excluding hydrogens is 198 g/mol. The molecule has 0 aliphatic carbocycles. The number of hydrogen-bond donors (Lipinski definition) is 1. The maximum Gasteiger partial charge on any atom is 0.112 e. The lowest BCUT2D eigenvalue weighted by Crippen LogP contribution is -2.06. The highest BCUT2D eigenvalue weighted by Crippen LogP contribution is 2.18. The number of nitrogens with zero attached hydrogens (tertiary/aromatic N) is 2. The van der Waals surface area contributed by atoms with Gasteiger partial charge in [-0.05, 0) is 18.6 Å². The highest BCUT2D eigenvalue weighted by Gasteiger charge is 2.07. The third-order valence-corrected chi connectivity index (χ3v) is 2.75. The Morgan fingerprint density at radius 1 is 1.38 bits per heavy atom. The van der Waals surface area contributed by atoms with Crippen molar-refractivity contribution in [3.05, 3.63) is 47.5 Å². The maximum absolute atomic E-state index is 5.78. The molecular formula is C13H17N3. The summed E-state index contributed by atoms with van der Waals surface area (Å²) >= 11 is 0. The first-order valence-corrected chi connectivity index (χ1v) is 5.58. The summed E-state index contributed by atoms with van der Waals surface area (Å²) < 4.78 is 2.11. The standard InChI is InChI=1S/C13H17N3/c1-3-13-15-6-7-16(13)12-5-4-10(2)8-11(12)9-14/h4-8H,3,9,14H2,1-2H3. The van der Waals surface area contributed by atoms with E-state index in [4.69, 9.17) is 5.73 Å². The quantitative estimate of drug-likeness (QED) is 0.853. The minimum atomic E-state index is 0.554. The average Bonchev–Trinajstić information content (AvgIpc) is 2.76. The predicted molar refractivity (Wildman–Crippen MR) is 65.6 cm³/mol. The molecule has 16 heavy (non-hydrogen) atoms. The minimum Gasteiger partial charge on any atom is -0.326 e. The van der Waals surface area contributed by atoms with Gasteiger partial charge in [0.1, 0.15) is 5.82 Å². The fourth-order valence-electron chi connectivity index (χ4n) is 1.93. The van der Waals surface area contributed by atoms with Crippen LogP contribution in [0.25, 0.3) is 5.69 Å². The van der Waals surface area contributed by atoms with Gasteiger partial charge in [0.2, 0.25) is 0 Å². The average molecular weight is 215 g/mol. The van der Waals surface area contributed by atoms with E-state index in [9.17, 15) is 0 Å². The number of rotatable bonds is 3. The molecule has 1 aromatic heterocycles. The van der Waals surface area contributed by atoms with Crippen molar-refractivity contribution in [2.24, 2.45) is 5.73 Å². The van der Waals surface area contributed by atoms with Gasteiger partial charge in [-0.2, -0.15) is 0 Å². The SMILES string of the molecule is CCc1nccn1-c1ccc(C)cc1CN. The zero-order chi connectivity index (χ0) is 11.5. The highest BCUT2D eigenvalue weighted by molar-refractivity contribution is 5.44. The molecule has 2 N–H and O–H groups in total. The van der Waals surface area contributed by atoms with E-state index in [0.717, 1.165) is 23.5 Å². The Kier molecular flexibility index (Phi) is 3.06. The molecule has 1 heterocycles. The van der Waals surface area contributed by atoms with E-state index in [1.54, 1.807) is 0 Å². The van der Waals surface area contributed by atoms with Crippen LogP contribution in [0.3, 0.4) is 0 Å². The Morgan fingerprint density at radius 3 is 2.88 bits per heavy atom. The van der Waals surface area contributed by atoms with Crippen LogP contribution in [-0.2, 0) is 13.0 Å². The third-order valence-electron chi connectivity index (χ3n) is 2.75. The number of aryl methyl sites for hydroxylation is 2. The van der Waals surface area contributed by atoms with Gasteiger partial charge in [-0.15, -0.1) is 0 Å². The molecule has 0 atom stereocenters. The van der Waals surface area contributed by atoms with Gasteiger partial charge in [0, 0.05) is 25.4 Å². The van der Waals surface area contributed by atoms with E-state index in [1.807, 2.05) is 12.4 Å². The zero-order valence-electron chi connectivity index (χ0n) is 9.77. The Morgan fingerprint density at radius 2 is 2.19 bits per heavy atom. The van der Waals surface area contributed by atoms with E-state index < -0.39 is 0 Å². The number of hydrogen-bond acceptors (Lipinski definition) is 2. The van der Waals surface area contributed by atoms with Crippen molar-refractivity contribution in [3.8, 4) is 5.69 Å². The summed E-state index contributed by atoms with van der Waals surface area (Å²) in [7, 11) is 0. The largest absolute Gasteiger partial charge is 0.326 e. The number of benzene rings is 1. The first-order valence-electron chi connectivity index (χ1n) is 5.58. The van der Waals surface area contributed by atoms with Gasteiger partial charge in [-0.1, -0.05) is 24.6 Å². The number of imidazole rings is 1. The van der Waals surface area contributed by atoms with Crippen LogP contribution in [0.15, 0.2) is 30.6 Å². The van der Waals surface area contributed by atoms with Crippen molar-refractivity contribution >= 4 is 0 Å². The van der Waals surface area contributed by atoms with Gasteiger partial charge in [-0.3, -0.25) is 0 Å². The Hall–Kier alpha value is -1.61. The molecule has 3 heteroatoms. The molecule has 3 nitrogen and oxygen atoms in total. The van der Waals surface area contributed by atoms with Gasteiger partial charge < -0.3 is 10.3 Å². The van der Waals surface area contributed by atoms with Gasteiger partial charge >= 0.3 is 0 Å². The normalized spacial score (nSPS) is 10.7. The molecule has 0 unspecified atom stereocenters. The molecule has 0 aliphatic heterocycles. The van der Waals surface area contributed by atoms with E-state index in [2.05, 4.69) is 41.6 Å². The summed E-state index contributed by atoms with van der Waals surface area (Å²) in [4.78, 5) is 4.33. The van der Waals surface area contributed by atoms with Gasteiger partial charge in [-0.25, -0.2) is 4.98 Å². The fraction of sp³-hybridized carbons (Fsp3) is 0.308. The maximum atomic E-state index is 5.78. The lowest BCUT2D eigenvalue weighted by molar-refractivity contribution is 0.874. The lowest BCUT2D eigenvalue weighted by atomic mass is 10.1. The summed E-state index contributed by atoms with van der Waals surface area (Å²) in [5.41, 5.74) is 9.32. The van der Waals surface area contributed by atoms with Crippen LogP contribution in [0, 0.1) is 6.92 Å². The van der Waals surface area contributed by atoms with E-state index >= 15 is 0 Å². The predicted octanol–water partition coefficient (Wildman–Crippen LogP) is 2.20. The van der Waals surface area contributed by atoms with E-state index in [1.165, 1.54) is 5.56 Å². The van der Waals surface area contributed by atoms with Crippen LogP contribution in [0.1, 0.15) is 23.9 Å². The second-order valence-electron chi connectivity index (χ2n) is 3.90. The molecule has 84 valence electrons. The molecule has 2 aromatic rings.